The van der Waals surface area contributed by atoms with Gasteiger partial charge in [-0.15, -0.1) is 11.3 Å². The highest BCUT2D eigenvalue weighted by Gasteiger charge is 2.11. The smallest absolute Gasteiger partial charge is 0.0375 e. The van der Waals surface area contributed by atoms with E-state index in [4.69, 9.17) is 0 Å². The van der Waals surface area contributed by atoms with Gasteiger partial charge in [0.2, 0.25) is 0 Å². The molecule has 2 heterocycles. The van der Waals surface area contributed by atoms with Gasteiger partial charge in [0, 0.05) is 42.3 Å². The Kier molecular flexibility index (Phi) is 3.14. The third-order valence-corrected chi connectivity index (χ3v) is 4.65. The van der Waals surface area contributed by atoms with Crippen LogP contribution in [0.4, 0.5) is 0 Å². The largest absolute Gasteiger partial charge is 0.314 e. The minimum absolute atomic E-state index is 1.11. The summed E-state index contributed by atoms with van der Waals surface area (Å²) in [5.74, 6) is 0. The highest BCUT2D eigenvalue weighted by Crippen LogP contribution is 2.29. The number of hydrogen-bond donors (Lipinski definition) is 1. The van der Waals surface area contributed by atoms with Crippen molar-refractivity contribution in [3.8, 4) is 0 Å². The standard InChI is InChI=1S/C14H18N2S/c1-11-3-2-4-12-9-13(17-14(11)12)10-16-7-5-15-6-8-16/h2-4,9,15H,5-8,10H2,1H3. The molecule has 0 bridgehead atoms. The van der Waals surface area contributed by atoms with Crippen molar-refractivity contribution in [3.05, 3.63) is 34.7 Å². The van der Waals surface area contributed by atoms with Crippen LogP contribution in [-0.2, 0) is 6.54 Å². The van der Waals surface area contributed by atoms with Crippen LogP contribution in [0.3, 0.4) is 0 Å². The van der Waals surface area contributed by atoms with E-state index >= 15 is 0 Å². The van der Waals surface area contributed by atoms with Crippen LogP contribution in [0.25, 0.3) is 10.1 Å². The molecule has 1 aromatic heterocycles. The van der Waals surface area contributed by atoms with Crippen LogP contribution in [0.1, 0.15) is 10.4 Å². The normalized spacial score (nSPS) is 17.7. The minimum atomic E-state index is 1.11. The summed E-state index contributed by atoms with van der Waals surface area (Å²) in [4.78, 5) is 4.03. The molecule has 1 aliphatic rings. The molecule has 1 saturated heterocycles. The Morgan fingerprint density at radius 3 is 2.88 bits per heavy atom. The Morgan fingerprint density at radius 2 is 2.12 bits per heavy atom. The van der Waals surface area contributed by atoms with Crippen molar-refractivity contribution in [3.63, 3.8) is 0 Å². The molecule has 3 heteroatoms. The highest BCUT2D eigenvalue weighted by atomic mass is 32.1. The first-order valence-corrected chi connectivity index (χ1v) is 7.06. The van der Waals surface area contributed by atoms with Crippen molar-refractivity contribution in [2.24, 2.45) is 0 Å². The van der Waals surface area contributed by atoms with Gasteiger partial charge < -0.3 is 5.32 Å². The van der Waals surface area contributed by atoms with Crippen molar-refractivity contribution in [1.82, 2.24) is 10.2 Å². The van der Waals surface area contributed by atoms with E-state index in [2.05, 4.69) is 41.4 Å². The Balaban J connectivity index is 1.83. The first-order chi connectivity index (χ1) is 8.33. The van der Waals surface area contributed by atoms with Crippen molar-refractivity contribution in [1.29, 1.82) is 0 Å². The molecule has 1 N–H and O–H groups in total. The number of nitrogens with one attached hydrogen (secondary N) is 1. The van der Waals surface area contributed by atoms with Gasteiger partial charge in [0.1, 0.15) is 0 Å². The number of benzene rings is 1. The van der Waals surface area contributed by atoms with Crippen molar-refractivity contribution < 1.29 is 0 Å². The monoisotopic (exact) mass is 246 g/mol. The fourth-order valence-electron chi connectivity index (χ4n) is 2.43. The fraction of sp³-hybridized carbons (Fsp3) is 0.429. The molecule has 2 aromatic rings. The van der Waals surface area contributed by atoms with E-state index in [0.717, 1.165) is 19.6 Å². The van der Waals surface area contributed by atoms with Crippen LogP contribution in [0.2, 0.25) is 0 Å². The van der Waals surface area contributed by atoms with Gasteiger partial charge in [-0.1, -0.05) is 18.2 Å². The van der Waals surface area contributed by atoms with E-state index in [0.29, 0.717) is 0 Å². The molecular formula is C14H18N2S. The number of thiophene rings is 1. The van der Waals surface area contributed by atoms with Gasteiger partial charge in [-0.3, -0.25) is 4.90 Å². The zero-order valence-corrected chi connectivity index (χ0v) is 11.0. The lowest BCUT2D eigenvalue weighted by Gasteiger charge is -2.26. The van der Waals surface area contributed by atoms with Crippen molar-refractivity contribution in [2.75, 3.05) is 26.2 Å². The molecular weight excluding hydrogens is 228 g/mol. The number of nitrogens with zero attached hydrogens (tertiary/aromatic N) is 1. The number of hydrogen-bond acceptors (Lipinski definition) is 3. The average molecular weight is 246 g/mol. The summed E-state index contributed by atoms with van der Waals surface area (Å²) in [5.41, 5.74) is 1.40. The summed E-state index contributed by atoms with van der Waals surface area (Å²) < 4.78 is 1.46. The lowest BCUT2D eigenvalue weighted by molar-refractivity contribution is 0.235. The van der Waals surface area contributed by atoms with Crippen LogP contribution in [0.15, 0.2) is 24.3 Å². The predicted molar refractivity (Wildman–Crippen MR) is 74.7 cm³/mol. The second-order valence-corrected chi connectivity index (χ2v) is 5.87. The zero-order valence-electron chi connectivity index (χ0n) is 10.2. The Morgan fingerprint density at radius 1 is 1.29 bits per heavy atom. The van der Waals surface area contributed by atoms with Gasteiger partial charge in [0.05, 0.1) is 0 Å². The Bertz CT molecular complexity index is 512. The van der Waals surface area contributed by atoms with Crippen LogP contribution < -0.4 is 5.32 Å². The van der Waals surface area contributed by atoms with E-state index < -0.39 is 0 Å². The molecule has 0 unspecified atom stereocenters. The molecule has 90 valence electrons. The molecule has 0 amide bonds. The second-order valence-electron chi connectivity index (χ2n) is 4.73. The average Bonchev–Trinajstić information content (AvgIpc) is 2.74. The summed E-state index contributed by atoms with van der Waals surface area (Å²) in [5, 5.41) is 4.80. The van der Waals surface area contributed by atoms with Gasteiger partial charge in [-0.25, -0.2) is 0 Å². The summed E-state index contributed by atoms with van der Waals surface area (Å²) in [6, 6.07) is 8.93. The fourth-order valence-corrected chi connectivity index (χ4v) is 3.60. The first kappa shape index (κ1) is 11.2. The van der Waals surface area contributed by atoms with Gasteiger partial charge in [-0.05, 0) is 23.9 Å². The van der Waals surface area contributed by atoms with Crippen LogP contribution in [-0.4, -0.2) is 31.1 Å². The van der Waals surface area contributed by atoms with Gasteiger partial charge in [0.15, 0.2) is 0 Å². The van der Waals surface area contributed by atoms with Gasteiger partial charge >= 0.3 is 0 Å². The number of piperazine rings is 1. The molecule has 1 fully saturated rings. The maximum Gasteiger partial charge on any atom is 0.0375 e. The molecule has 0 radical (unpaired) electrons. The molecule has 0 atom stereocenters. The molecule has 0 aliphatic carbocycles. The topological polar surface area (TPSA) is 15.3 Å². The SMILES string of the molecule is Cc1cccc2cc(CN3CCNCC3)sc12. The van der Waals surface area contributed by atoms with Gasteiger partial charge in [-0.2, -0.15) is 0 Å². The first-order valence-electron chi connectivity index (χ1n) is 6.24. The summed E-state index contributed by atoms with van der Waals surface area (Å²) in [6.45, 7) is 7.92. The van der Waals surface area contributed by atoms with E-state index in [9.17, 15) is 0 Å². The van der Waals surface area contributed by atoms with E-state index in [-0.39, 0.29) is 0 Å². The lowest BCUT2D eigenvalue weighted by Crippen LogP contribution is -2.42. The van der Waals surface area contributed by atoms with E-state index in [1.54, 1.807) is 0 Å². The maximum atomic E-state index is 3.40. The van der Waals surface area contributed by atoms with Crippen LogP contribution in [0.5, 0.6) is 0 Å². The van der Waals surface area contributed by atoms with E-state index in [1.165, 1.54) is 33.6 Å². The van der Waals surface area contributed by atoms with E-state index in [1.807, 2.05) is 11.3 Å². The Hall–Kier alpha value is -0.900. The van der Waals surface area contributed by atoms with Crippen LogP contribution in [0, 0.1) is 6.92 Å². The third kappa shape index (κ3) is 2.37. The third-order valence-electron chi connectivity index (χ3n) is 3.38. The van der Waals surface area contributed by atoms with Crippen molar-refractivity contribution in [2.45, 2.75) is 13.5 Å². The molecule has 17 heavy (non-hydrogen) atoms. The second kappa shape index (κ2) is 4.77. The highest BCUT2D eigenvalue weighted by molar-refractivity contribution is 7.19. The predicted octanol–water partition coefficient (Wildman–Crippen LogP) is 2.61. The minimum Gasteiger partial charge on any atom is -0.314 e. The Labute approximate surface area is 106 Å². The molecule has 1 aromatic carbocycles. The molecule has 1 aliphatic heterocycles. The summed E-state index contributed by atoms with van der Waals surface area (Å²) >= 11 is 1.96. The van der Waals surface area contributed by atoms with Crippen molar-refractivity contribution >= 4 is 21.4 Å². The molecule has 3 rings (SSSR count). The maximum absolute atomic E-state index is 3.40. The van der Waals surface area contributed by atoms with Crippen LogP contribution >= 0.6 is 11.3 Å². The number of rotatable bonds is 2. The summed E-state index contributed by atoms with van der Waals surface area (Å²) in [6.07, 6.45) is 0. The van der Waals surface area contributed by atoms with Gasteiger partial charge in [0.25, 0.3) is 0 Å². The quantitative estimate of drug-likeness (QED) is 0.876. The number of aryl methyl sites for hydroxylation is 1. The number of fused-ring (bicyclic) bond motifs is 1. The molecule has 0 saturated carbocycles. The zero-order chi connectivity index (χ0) is 11.7. The molecule has 0 spiro atoms. The molecule has 2 nitrogen and oxygen atoms in total. The summed E-state index contributed by atoms with van der Waals surface area (Å²) in [7, 11) is 0. The lowest BCUT2D eigenvalue weighted by atomic mass is 10.2.